The van der Waals surface area contributed by atoms with Crippen LogP contribution in [0.2, 0.25) is 0 Å². The van der Waals surface area contributed by atoms with Gasteiger partial charge in [-0.15, -0.1) is 0 Å². The molecule has 1 rings (SSSR count). The first kappa shape index (κ1) is 16.3. The predicted octanol–water partition coefficient (Wildman–Crippen LogP) is 2.52. The minimum atomic E-state index is -0.418. The maximum absolute atomic E-state index is 11.9. The SMILES string of the molecule is CC(C)C(O)C(C)(C)CNC(=O)NC1CCCC1C. The van der Waals surface area contributed by atoms with Gasteiger partial charge in [-0.25, -0.2) is 4.79 Å². The lowest BCUT2D eigenvalue weighted by atomic mass is 9.81. The second kappa shape index (κ2) is 6.60. The van der Waals surface area contributed by atoms with Crippen molar-refractivity contribution in [1.82, 2.24) is 10.6 Å². The Morgan fingerprint density at radius 2 is 2.00 bits per heavy atom. The highest BCUT2D eigenvalue weighted by molar-refractivity contribution is 5.74. The Morgan fingerprint density at radius 3 is 2.47 bits per heavy atom. The van der Waals surface area contributed by atoms with Crippen molar-refractivity contribution < 1.29 is 9.90 Å². The van der Waals surface area contributed by atoms with E-state index < -0.39 is 6.10 Å². The molecule has 1 aliphatic carbocycles. The normalized spacial score (nSPS) is 25.4. The Hall–Kier alpha value is -0.770. The summed E-state index contributed by atoms with van der Waals surface area (Å²) < 4.78 is 0. The predicted molar refractivity (Wildman–Crippen MR) is 78.0 cm³/mol. The third-order valence-corrected chi connectivity index (χ3v) is 4.31. The fraction of sp³-hybridized carbons (Fsp3) is 0.933. The highest BCUT2D eigenvalue weighted by Gasteiger charge is 2.31. The van der Waals surface area contributed by atoms with E-state index >= 15 is 0 Å². The molecular weight excluding hydrogens is 240 g/mol. The molecule has 1 aliphatic rings. The van der Waals surface area contributed by atoms with Crippen LogP contribution in [-0.4, -0.2) is 29.8 Å². The topological polar surface area (TPSA) is 61.4 Å². The van der Waals surface area contributed by atoms with Crippen LogP contribution in [0.25, 0.3) is 0 Å². The number of amides is 2. The van der Waals surface area contributed by atoms with E-state index in [-0.39, 0.29) is 17.4 Å². The van der Waals surface area contributed by atoms with Gasteiger partial charge in [-0.1, -0.05) is 41.0 Å². The maximum atomic E-state index is 11.9. The maximum Gasteiger partial charge on any atom is 0.315 e. The van der Waals surface area contributed by atoms with Gasteiger partial charge >= 0.3 is 6.03 Å². The summed E-state index contributed by atoms with van der Waals surface area (Å²) in [5, 5.41) is 16.1. The molecule has 112 valence electrons. The minimum Gasteiger partial charge on any atom is -0.392 e. The summed E-state index contributed by atoms with van der Waals surface area (Å²) >= 11 is 0. The van der Waals surface area contributed by atoms with Crippen LogP contribution in [0.15, 0.2) is 0 Å². The molecule has 0 radical (unpaired) electrons. The summed E-state index contributed by atoms with van der Waals surface area (Å²) in [6, 6.07) is 0.195. The summed E-state index contributed by atoms with van der Waals surface area (Å²) in [6.45, 7) is 10.6. The van der Waals surface area contributed by atoms with Crippen molar-refractivity contribution >= 4 is 6.03 Å². The van der Waals surface area contributed by atoms with Crippen molar-refractivity contribution in [2.45, 2.75) is 66.0 Å². The molecule has 3 N–H and O–H groups in total. The number of rotatable bonds is 5. The van der Waals surface area contributed by atoms with Gasteiger partial charge in [0.2, 0.25) is 0 Å². The van der Waals surface area contributed by atoms with Gasteiger partial charge in [-0.05, 0) is 24.7 Å². The van der Waals surface area contributed by atoms with Crippen molar-refractivity contribution in [1.29, 1.82) is 0 Å². The number of carbonyl (C=O) groups excluding carboxylic acids is 1. The summed E-state index contributed by atoms with van der Waals surface area (Å²) in [5.41, 5.74) is -0.313. The van der Waals surface area contributed by atoms with E-state index in [1.807, 2.05) is 27.7 Å². The summed E-state index contributed by atoms with van der Waals surface area (Å²) in [6.07, 6.45) is 3.05. The fourth-order valence-corrected chi connectivity index (χ4v) is 2.89. The summed E-state index contributed by atoms with van der Waals surface area (Å²) in [7, 11) is 0. The van der Waals surface area contributed by atoms with Crippen LogP contribution in [0.3, 0.4) is 0 Å². The van der Waals surface area contributed by atoms with Crippen molar-refractivity contribution in [3.8, 4) is 0 Å². The monoisotopic (exact) mass is 270 g/mol. The smallest absolute Gasteiger partial charge is 0.315 e. The van der Waals surface area contributed by atoms with E-state index in [1.165, 1.54) is 12.8 Å². The first-order valence-electron chi connectivity index (χ1n) is 7.46. The highest BCUT2D eigenvalue weighted by atomic mass is 16.3. The Labute approximate surface area is 117 Å². The first-order valence-corrected chi connectivity index (χ1v) is 7.46. The molecule has 19 heavy (non-hydrogen) atoms. The number of nitrogens with one attached hydrogen (secondary N) is 2. The zero-order valence-electron chi connectivity index (χ0n) is 13.0. The quantitative estimate of drug-likeness (QED) is 0.719. The Balaban J connectivity index is 2.37. The third kappa shape index (κ3) is 4.68. The molecule has 2 amide bonds. The van der Waals surface area contributed by atoms with Crippen molar-refractivity contribution in [3.05, 3.63) is 0 Å². The molecule has 1 saturated carbocycles. The Bertz CT molecular complexity index is 303. The van der Waals surface area contributed by atoms with Crippen molar-refractivity contribution in [2.24, 2.45) is 17.3 Å². The van der Waals surface area contributed by atoms with Crippen molar-refractivity contribution in [3.63, 3.8) is 0 Å². The molecule has 3 atom stereocenters. The lowest BCUT2D eigenvalue weighted by Crippen LogP contribution is -2.49. The zero-order chi connectivity index (χ0) is 14.6. The van der Waals surface area contributed by atoms with Crippen LogP contribution in [-0.2, 0) is 0 Å². The van der Waals surface area contributed by atoms with Gasteiger partial charge in [0.25, 0.3) is 0 Å². The molecule has 1 fully saturated rings. The van der Waals surface area contributed by atoms with Gasteiger partial charge in [-0.2, -0.15) is 0 Å². The van der Waals surface area contributed by atoms with Crippen LogP contribution in [0.5, 0.6) is 0 Å². The first-order chi connectivity index (χ1) is 8.74. The molecular formula is C15H30N2O2. The second-order valence-corrected chi connectivity index (χ2v) is 7.02. The van der Waals surface area contributed by atoms with Gasteiger partial charge in [0.15, 0.2) is 0 Å². The average molecular weight is 270 g/mol. The number of aliphatic hydroxyl groups excluding tert-OH is 1. The standard InChI is InChI=1S/C15H30N2O2/c1-10(2)13(18)15(4,5)9-16-14(19)17-12-8-6-7-11(12)3/h10-13,18H,6-9H2,1-5H3,(H2,16,17,19). The van der Waals surface area contributed by atoms with Crippen LogP contribution in [0, 0.1) is 17.3 Å². The van der Waals surface area contributed by atoms with E-state index in [9.17, 15) is 9.90 Å². The van der Waals surface area contributed by atoms with Crippen LogP contribution < -0.4 is 10.6 Å². The molecule has 4 nitrogen and oxygen atoms in total. The third-order valence-electron chi connectivity index (χ3n) is 4.31. The van der Waals surface area contributed by atoms with Crippen LogP contribution >= 0.6 is 0 Å². The van der Waals surface area contributed by atoms with E-state index in [0.717, 1.165) is 6.42 Å². The van der Waals surface area contributed by atoms with Gasteiger partial charge in [-0.3, -0.25) is 0 Å². The minimum absolute atomic E-state index is 0.109. The zero-order valence-corrected chi connectivity index (χ0v) is 13.0. The van der Waals surface area contributed by atoms with Crippen LogP contribution in [0.4, 0.5) is 4.79 Å². The van der Waals surface area contributed by atoms with Gasteiger partial charge in [0.1, 0.15) is 0 Å². The molecule has 0 aromatic heterocycles. The molecule has 4 heteroatoms. The molecule has 0 aliphatic heterocycles. The number of hydrogen-bond donors (Lipinski definition) is 3. The van der Waals surface area contributed by atoms with E-state index in [4.69, 9.17) is 0 Å². The molecule has 0 saturated heterocycles. The van der Waals surface area contributed by atoms with Gasteiger partial charge in [0.05, 0.1) is 6.10 Å². The van der Waals surface area contributed by atoms with E-state index in [2.05, 4.69) is 17.6 Å². The second-order valence-electron chi connectivity index (χ2n) is 7.02. The number of hydrogen-bond acceptors (Lipinski definition) is 2. The highest BCUT2D eigenvalue weighted by Crippen LogP contribution is 2.26. The molecule has 0 spiro atoms. The van der Waals surface area contributed by atoms with Crippen molar-refractivity contribution in [2.75, 3.05) is 6.54 Å². The molecule has 0 aromatic rings. The van der Waals surface area contributed by atoms with Crippen LogP contribution in [0.1, 0.15) is 53.9 Å². The fourth-order valence-electron chi connectivity index (χ4n) is 2.89. The summed E-state index contributed by atoms with van der Waals surface area (Å²) in [5.74, 6) is 0.759. The molecule has 0 bridgehead atoms. The molecule has 3 unspecified atom stereocenters. The Kier molecular flexibility index (Phi) is 5.65. The van der Waals surface area contributed by atoms with E-state index in [1.54, 1.807) is 0 Å². The number of carbonyl (C=O) groups is 1. The number of aliphatic hydroxyl groups is 1. The van der Waals surface area contributed by atoms with E-state index in [0.29, 0.717) is 18.5 Å². The van der Waals surface area contributed by atoms with Gasteiger partial charge in [0, 0.05) is 18.0 Å². The molecule has 0 aromatic carbocycles. The summed E-state index contributed by atoms with van der Waals surface area (Å²) in [4.78, 5) is 11.9. The lowest BCUT2D eigenvalue weighted by molar-refractivity contribution is 0.0151. The lowest BCUT2D eigenvalue weighted by Gasteiger charge is -2.33. The molecule has 0 heterocycles. The Morgan fingerprint density at radius 1 is 1.37 bits per heavy atom. The largest absolute Gasteiger partial charge is 0.392 e. The number of urea groups is 1. The van der Waals surface area contributed by atoms with Gasteiger partial charge < -0.3 is 15.7 Å². The average Bonchev–Trinajstić information content (AvgIpc) is 2.71.